The predicted octanol–water partition coefficient (Wildman–Crippen LogP) is 1.94. The third kappa shape index (κ3) is 2.81. The Labute approximate surface area is 113 Å². The molecule has 5 heteroatoms. The Bertz CT molecular complexity index is 497. The van der Waals surface area contributed by atoms with Gasteiger partial charge in [-0.1, -0.05) is 6.92 Å². The highest BCUT2D eigenvalue weighted by atomic mass is 16.3. The van der Waals surface area contributed by atoms with Crippen molar-refractivity contribution in [3.63, 3.8) is 0 Å². The average Bonchev–Trinajstić information content (AvgIpc) is 2.32. The molecule has 0 spiro atoms. The molecule has 0 aromatic heterocycles. The minimum Gasteiger partial charge on any atom is -0.504 e. The molecule has 19 heavy (non-hydrogen) atoms. The lowest BCUT2D eigenvalue weighted by Gasteiger charge is -2.30. The van der Waals surface area contributed by atoms with Crippen LogP contribution in [0.3, 0.4) is 0 Å². The second-order valence-electron chi connectivity index (χ2n) is 5.14. The molecule has 0 amide bonds. The molecule has 0 heterocycles. The summed E-state index contributed by atoms with van der Waals surface area (Å²) in [6.07, 6.45) is 0. The fourth-order valence-corrected chi connectivity index (χ4v) is 2.25. The minimum atomic E-state index is -0.544. The quantitative estimate of drug-likeness (QED) is 0.726. The fraction of sp³-hybridized carbons (Fsp3) is 0.500. The summed E-state index contributed by atoms with van der Waals surface area (Å²) in [6.45, 7) is 4.89. The number of carbonyl (C=O) groups excluding carboxylic acids is 1. The van der Waals surface area contributed by atoms with Crippen molar-refractivity contribution < 1.29 is 20.1 Å². The van der Waals surface area contributed by atoms with Gasteiger partial charge in [0.2, 0.25) is 5.75 Å². The lowest BCUT2D eigenvalue weighted by atomic mass is 9.89. The van der Waals surface area contributed by atoms with Crippen LogP contribution in [0, 0.1) is 12.8 Å². The van der Waals surface area contributed by atoms with E-state index in [1.165, 1.54) is 6.92 Å². The Balaban J connectivity index is 3.44. The number of aromatic hydroxyl groups is 3. The van der Waals surface area contributed by atoms with Crippen molar-refractivity contribution in [2.75, 3.05) is 14.1 Å². The molecule has 0 saturated heterocycles. The van der Waals surface area contributed by atoms with Crippen molar-refractivity contribution in [3.05, 3.63) is 17.2 Å². The van der Waals surface area contributed by atoms with Crippen molar-refractivity contribution in [2.45, 2.75) is 26.8 Å². The average molecular weight is 267 g/mol. The van der Waals surface area contributed by atoms with Crippen LogP contribution in [0.15, 0.2) is 6.07 Å². The first-order valence-electron chi connectivity index (χ1n) is 6.09. The maximum atomic E-state index is 11.6. The van der Waals surface area contributed by atoms with Gasteiger partial charge in [0, 0.05) is 17.5 Å². The Morgan fingerprint density at radius 2 is 1.68 bits per heavy atom. The second-order valence-corrected chi connectivity index (χ2v) is 5.14. The normalized spacial score (nSPS) is 14.4. The smallest absolute Gasteiger partial charge is 0.200 e. The summed E-state index contributed by atoms with van der Waals surface area (Å²) in [4.78, 5) is 13.4. The molecule has 0 bridgehead atoms. The van der Waals surface area contributed by atoms with Crippen molar-refractivity contribution in [1.29, 1.82) is 0 Å². The van der Waals surface area contributed by atoms with Gasteiger partial charge in [0.05, 0.1) is 0 Å². The largest absolute Gasteiger partial charge is 0.504 e. The van der Waals surface area contributed by atoms with E-state index in [-0.39, 0.29) is 29.2 Å². The van der Waals surface area contributed by atoms with E-state index >= 15 is 0 Å². The van der Waals surface area contributed by atoms with Gasteiger partial charge in [0.1, 0.15) is 5.78 Å². The van der Waals surface area contributed by atoms with E-state index in [1.54, 1.807) is 38.9 Å². The molecule has 106 valence electrons. The van der Waals surface area contributed by atoms with Gasteiger partial charge in [-0.15, -0.1) is 0 Å². The highest BCUT2D eigenvalue weighted by Crippen LogP contribution is 2.44. The van der Waals surface area contributed by atoms with Gasteiger partial charge in [-0.05, 0) is 39.6 Å². The summed E-state index contributed by atoms with van der Waals surface area (Å²) < 4.78 is 0. The number of rotatable bonds is 4. The van der Waals surface area contributed by atoms with E-state index in [0.29, 0.717) is 11.1 Å². The molecule has 1 aromatic rings. The molecule has 1 rings (SSSR count). The molecule has 0 aliphatic carbocycles. The van der Waals surface area contributed by atoms with E-state index in [1.807, 2.05) is 0 Å². The Morgan fingerprint density at radius 1 is 1.16 bits per heavy atom. The number of nitrogens with zero attached hydrogens (tertiary/aromatic N) is 1. The number of phenolic OH excluding ortho intramolecular Hbond substituents is 3. The molecule has 0 saturated carbocycles. The van der Waals surface area contributed by atoms with Crippen LogP contribution in [-0.2, 0) is 4.79 Å². The first kappa shape index (κ1) is 15.3. The summed E-state index contributed by atoms with van der Waals surface area (Å²) >= 11 is 0. The summed E-state index contributed by atoms with van der Waals surface area (Å²) in [5.74, 6) is -1.62. The van der Waals surface area contributed by atoms with Gasteiger partial charge in [-0.25, -0.2) is 0 Å². The number of aryl methyl sites for hydroxylation is 1. The first-order chi connectivity index (χ1) is 8.68. The van der Waals surface area contributed by atoms with Crippen LogP contribution in [0.4, 0.5) is 0 Å². The molecule has 1 aromatic carbocycles. The molecule has 3 N–H and O–H groups in total. The fourth-order valence-electron chi connectivity index (χ4n) is 2.25. The van der Waals surface area contributed by atoms with Crippen LogP contribution in [0.2, 0.25) is 0 Å². The highest BCUT2D eigenvalue weighted by Gasteiger charge is 2.29. The number of carbonyl (C=O) groups is 1. The molecule has 5 nitrogen and oxygen atoms in total. The van der Waals surface area contributed by atoms with Crippen LogP contribution in [0.1, 0.15) is 31.0 Å². The zero-order valence-corrected chi connectivity index (χ0v) is 11.9. The van der Waals surface area contributed by atoms with Crippen LogP contribution in [0.25, 0.3) is 0 Å². The number of hydrogen-bond acceptors (Lipinski definition) is 5. The monoisotopic (exact) mass is 267 g/mol. The summed E-state index contributed by atoms with van der Waals surface area (Å²) in [7, 11) is 3.59. The lowest BCUT2D eigenvalue weighted by molar-refractivity contribution is -0.122. The van der Waals surface area contributed by atoms with Crippen LogP contribution >= 0.6 is 0 Å². The van der Waals surface area contributed by atoms with E-state index in [9.17, 15) is 20.1 Å². The molecule has 0 fully saturated rings. The standard InChI is InChI=1S/C14H21NO4/c1-7-6-10(13(18)14(19)12(7)17)11(15(4)5)8(2)9(3)16/h6,8,11,17-19H,1-5H3. The van der Waals surface area contributed by atoms with Gasteiger partial charge in [-0.2, -0.15) is 0 Å². The van der Waals surface area contributed by atoms with E-state index in [2.05, 4.69) is 0 Å². The lowest BCUT2D eigenvalue weighted by Crippen LogP contribution is -2.29. The van der Waals surface area contributed by atoms with E-state index in [4.69, 9.17) is 0 Å². The minimum absolute atomic E-state index is 0.0108. The molecule has 0 aliphatic rings. The Kier molecular flexibility index (Phi) is 4.42. The highest BCUT2D eigenvalue weighted by molar-refractivity contribution is 5.79. The molecule has 2 unspecified atom stereocenters. The van der Waals surface area contributed by atoms with Crippen molar-refractivity contribution in [3.8, 4) is 17.2 Å². The van der Waals surface area contributed by atoms with Gasteiger partial charge < -0.3 is 20.2 Å². The van der Waals surface area contributed by atoms with Crippen LogP contribution < -0.4 is 0 Å². The molecule has 2 atom stereocenters. The predicted molar refractivity (Wildman–Crippen MR) is 72.4 cm³/mol. The Hall–Kier alpha value is -1.75. The number of ketones is 1. The van der Waals surface area contributed by atoms with Crippen LogP contribution in [0.5, 0.6) is 17.2 Å². The summed E-state index contributed by atoms with van der Waals surface area (Å²) in [6, 6.07) is 1.22. The second kappa shape index (κ2) is 5.48. The van der Waals surface area contributed by atoms with Gasteiger partial charge in [-0.3, -0.25) is 4.79 Å². The third-order valence-electron chi connectivity index (χ3n) is 3.46. The maximum absolute atomic E-state index is 11.6. The van der Waals surface area contributed by atoms with E-state index < -0.39 is 5.75 Å². The van der Waals surface area contributed by atoms with Gasteiger partial charge in [0.15, 0.2) is 11.5 Å². The zero-order chi connectivity index (χ0) is 14.9. The SMILES string of the molecule is CC(=O)C(C)C(c1cc(C)c(O)c(O)c1O)N(C)C. The van der Waals surface area contributed by atoms with Crippen LogP contribution in [-0.4, -0.2) is 40.1 Å². The van der Waals surface area contributed by atoms with Crippen molar-refractivity contribution in [1.82, 2.24) is 4.90 Å². The van der Waals surface area contributed by atoms with Gasteiger partial charge in [0.25, 0.3) is 0 Å². The molecular weight excluding hydrogens is 246 g/mol. The molecular formula is C14H21NO4. The number of phenols is 3. The number of benzene rings is 1. The van der Waals surface area contributed by atoms with Crippen molar-refractivity contribution >= 4 is 5.78 Å². The third-order valence-corrected chi connectivity index (χ3v) is 3.46. The molecule has 0 aliphatic heterocycles. The topological polar surface area (TPSA) is 81.0 Å². The van der Waals surface area contributed by atoms with Gasteiger partial charge >= 0.3 is 0 Å². The maximum Gasteiger partial charge on any atom is 0.200 e. The Morgan fingerprint density at radius 3 is 2.11 bits per heavy atom. The summed E-state index contributed by atoms with van der Waals surface area (Å²) in [5.41, 5.74) is 0.883. The number of Topliss-reactive ketones (excluding diaryl/α,β-unsaturated/α-hetero) is 1. The number of hydrogen-bond donors (Lipinski definition) is 3. The zero-order valence-electron chi connectivity index (χ0n) is 11.9. The molecule has 0 radical (unpaired) electrons. The van der Waals surface area contributed by atoms with E-state index in [0.717, 1.165) is 0 Å². The van der Waals surface area contributed by atoms with Crippen molar-refractivity contribution in [2.24, 2.45) is 5.92 Å². The first-order valence-corrected chi connectivity index (χ1v) is 6.09. The summed E-state index contributed by atoms with van der Waals surface area (Å²) in [5, 5.41) is 29.3.